The van der Waals surface area contributed by atoms with Crippen LogP contribution in [0.4, 0.5) is 0 Å². The lowest BCUT2D eigenvalue weighted by Crippen LogP contribution is -2.36. The van der Waals surface area contributed by atoms with E-state index in [9.17, 15) is 9.59 Å². The Morgan fingerprint density at radius 3 is 2.71 bits per heavy atom. The number of carbonyl (C=O) groups excluding carboxylic acids is 2. The zero-order valence-corrected chi connectivity index (χ0v) is 19.5. The molecule has 2 aromatic carbocycles. The van der Waals surface area contributed by atoms with Crippen LogP contribution < -0.4 is 19.5 Å². The zero-order chi connectivity index (χ0) is 23.8. The number of rotatable bonds is 5. The molecule has 34 heavy (non-hydrogen) atoms. The van der Waals surface area contributed by atoms with Gasteiger partial charge in [0.05, 0.1) is 19.3 Å². The van der Waals surface area contributed by atoms with Crippen molar-refractivity contribution in [2.24, 2.45) is 0 Å². The molecule has 1 aliphatic carbocycles. The fourth-order valence-electron chi connectivity index (χ4n) is 5.17. The molecule has 2 aliphatic heterocycles. The highest BCUT2D eigenvalue weighted by Crippen LogP contribution is 2.48. The monoisotopic (exact) mass is 461 g/mol. The van der Waals surface area contributed by atoms with Crippen molar-refractivity contribution in [2.45, 2.75) is 38.5 Å². The number of Topliss-reactive ketones (excluding diaryl/α,β-unsaturated/α-hetero) is 1. The third-order valence-corrected chi connectivity index (χ3v) is 6.63. The van der Waals surface area contributed by atoms with Crippen molar-refractivity contribution in [3.63, 3.8) is 0 Å². The Hall–Kier alpha value is -3.74. The van der Waals surface area contributed by atoms with Crippen LogP contribution in [0.2, 0.25) is 0 Å². The molecule has 0 saturated heterocycles. The van der Waals surface area contributed by atoms with Gasteiger partial charge in [-0.05, 0) is 49.6 Å². The molecule has 0 amide bonds. The third kappa shape index (κ3) is 3.71. The predicted octanol–water partition coefficient (Wildman–Crippen LogP) is 4.35. The third-order valence-electron chi connectivity index (χ3n) is 6.63. The molecule has 0 fully saturated rings. The molecule has 5 rings (SSSR count). The fourth-order valence-corrected chi connectivity index (χ4v) is 5.17. The fraction of sp³-hybridized carbons (Fsp3) is 0.333. The summed E-state index contributed by atoms with van der Waals surface area (Å²) in [5.41, 5.74) is 4.38. The molecule has 176 valence electrons. The molecule has 2 unspecified atom stereocenters. The second-order valence-electron chi connectivity index (χ2n) is 8.59. The molecule has 1 N–H and O–H groups in total. The van der Waals surface area contributed by atoms with Gasteiger partial charge in [0.2, 0.25) is 6.79 Å². The molecule has 0 saturated carbocycles. The highest BCUT2D eigenvalue weighted by Gasteiger charge is 2.42. The molecule has 0 spiro atoms. The SMILES string of the molecule is CCOC(=O)C1=C(C)NC2=C(C(=O)CC(c3ccccc3OC)C2)C1c1ccc2c(c1)OCO2. The number of nitrogens with one attached hydrogen (secondary N) is 1. The van der Waals surface area contributed by atoms with E-state index >= 15 is 0 Å². The van der Waals surface area contributed by atoms with Crippen LogP contribution in [0.1, 0.15) is 49.7 Å². The van der Waals surface area contributed by atoms with Gasteiger partial charge in [0.1, 0.15) is 5.75 Å². The minimum Gasteiger partial charge on any atom is -0.496 e. The second-order valence-corrected chi connectivity index (χ2v) is 8.59. The topological polar surface area (TPSA) is 83.1 Å². The molecule has 3 aliphatic rings. The summed E-state index contributed by atoms with van der Waals surface area (Å²) in [7, 11) is 1.64. The summed E-state index contributed by atoms with van der Waals surface area (Å²) in [6.07, 6.45) is 0.965. The number of para-hydroxylation sites is 1. The van der Waals surface area contributed by atoms with E-state index in [-0.39, 0.29) is 25.1 Å². The van der Waals surface area contributed by atoms with E-state index < -0.39 is 11.9 Å². The average molecular weight is 462 g/mol. The van der Waals surface area contributed by atoms with E-state index in [1.54, 1.807) is 14.0 Å². The van der Waals surface area contributed by atoms with Gasteiger partial charge in [0.15, 0.2) is 17.3 Å². The Kier molecular flexibility index (Phi) is 5.77. The van der Waals surface area contributed by atoms with Gasteiger partial charge in [0, 0.05) is 35.2 Å². The summed E-state index contributed by atoms with van der Waals surface area (Å²) in [4.78, 5) is 26.7. The smallest absolute Gasteiger partial charge is 0.336 e. The summed E-state index contributed by atoms with van der Waals surface area (Å²) in [6, 6.07) is 13.4. The zero-order valence-electron chi connectivity index (χ0n) is 19.5. The molecule has 2 aromatic rings. The van der Waals surface area contributed by atoms with Gasteiger partial charge in [-0.2, -0.15) is 0 Å². The molecular formula is C27H27NO6. The number of hydrogen-bond acceptors (Lipinski definition) is 7. The Balaban J connectivity index is 1.60. The number of ether oxygens (including phenoxy) is 4. The number of esters is 1. The maximum absolute atomic E-state index is 13.7. The minimum absolute atomic E-state index is 0.00150. The van der Waals surface area contributed by atoms with Crippen molar-refractivity contribution in [1.82, 2.24) is 5.32 Å². The molecule has 0 radical (unpaired) electrons. The summed E-state index contributed by atoms with van der Waals surface area (Å²) in [5.74, 6) is 1.03. The number of methoxy groups -OCH3 is 1. The average Bonchev–Trinajstić information content (AvgIpc) is 3.31. The lowest BCUT2D eigenvalue weighted by molar-refractivity contribution is -0.138. The summed E-state index contributed by atoms with van der Waals surface area (Å²) in [6.45, 7) is 4.03. The van der Waals surface area contributed by atoms with Gasteiger partial charge < -0.3 is 24.3 Å². The summed E-state index contributed by atoms with van der Waals surface area (Å²) in [5, 5.41) is 3.37. The number of dihydropyridines is 1. The van der Waals surface area contributed by atoms with Crippen LogP contribution in [0.25, 0.3) is 0 Å². The van der Waals surface area contributed by atoms with Crippen molar-refractivity contribution < 1.29 is 28.5 Å². The maximum Gasteiger partial charge on any atom is 0.336 e. The number of benzene rings is 2. The quantitative estimate of drug-likeness (QED) is 0.663. The van der Waals surface area contributed by atoms with Gasteiger partial charge >= 0.3 is 5.97 Å². The van der Waals surface area contributed by atoms with Gasteiger partial charge in [-0.25, -0.2) is 4.79 Å². The summed E-state index contributed by atoms with van der Waals surface area (Å²) < 4.78 is 22.0. The van der Waals surface area contributed by atoms with Gasteiger partial charge in [-0.15, -0.1) is 0 Å². The van der Waals surface area contributed by atoms with Crippen LogP contribution in [-0.2, 0) is 14.3 Å². The van der Waals surface area contributed by atoms with Crippen LogP contribution >= 0.6 is 0 Å². The highest BCUT2D eigenvalue weighted by atomic mass is 16.7. The first-order valence-electron chi connectivity index (χ1n) is 11.4. The Morgan fingerprint density at radius 1 is 1.12 bits per heavy atom. The molecule has 0 bridgehead atoms. The first-order chi connectivity index (χ1) is 16.5. The van der Waals surface area contributed by atoms with E-state index in [0.29, 0.717) is 41.2 Å². The van der Waals surface area contributed by atoms with Crippen molar-refractivity contribution in [3.05, 3.63) is 76.1 Å². The largest absolute Gasteiger partial charge is 0.496 e. The lowest BCUT2D eigenvalue weighted by Gasteiger charge is -2.37. The van der Waals surface area contributed by atoms with E-state index in [0.717, 1.165) is 22.6 Å². The number of ketones is 1. The maximum atomic E-state index is 13.7. The predicted molar refractivity (Wildman–Crippen MR) is 125 cm³/mol. The first kappa shape index (κ1) is 22.1. The highest BCUT2D eigenvalue weighted by molar-refractivity contribution is 6.04. The molecule has 7 nitrogen and oxygen atoms in total. The lowest BCUT2D eigenvalue weighted by atomic mass is 9.71. The van der Waals surface area contributed by atoms with Crippen molar-refractivity contribution in [2.75, 3.05) is 20.5 Å². The van der Waals surface area contributed by atoms with Crippen LogP contribution in [0.5, 0.6) is 17.2 Å². The second kappa shape index (κ2) is 8.89. The van der Waals surface area contributed by atoms with Gasteiger partial charge in [0.25, 0.3) is 0 Å². The normalized spacial score (nSPS) is 21.2. The Labute approximate surface area is 198 Å². The van der Waals surface area contributed by atoms with E-state index in [1.165, 1.54) is 0 Å². The van der Waals surface area contributed by atoms with Crippen LogP contribution in [0.15, 0.2) is 65.0 Å². The van der Waals surface area contributed by atoms with E-state index in [2.05, 4.69) is 5.32 Å². The molecule has 7 heteroatoms. The van der Waals surface area contributed by atoms with Crippen molar-refractivity contribution >= 4 is 11.8 Å². The molecule has 0 aromatic heterocycles. The number of carbonyl (C=O) groups is 2. The van der Waals surface area contributed by atoms with Crippen molar-refractivity contribution in [1.29, 1.82) is 0 Å². The van der Waals surface area contributed by atoms with E-state index in [4.69, 9.17) is 18.9 Å². The van der Waals surface area contributed by atoms with Gasteiger partial charge in [-0.3, -0.25) is 4.79 Å². The molecule has 2 atom stereocenters. The Bertz CT molecular complexity index is 1230. The number of hydrogen-bond donors (Lipinski definition) is 1. The number of fused-ring (bicyclic) bond motifs is 1. The van der Waals surface area contributed by atoms with E-state index in [1.807, 2.05) is 49.4 Å². The van der Waals surface area contributed by atoms with Gasteiger partial charge in [-0.1, -0.05) is 24.3 Å². The van der Waals surface area contributed by atoms with Crippen molar-refractivity contribution in [3.8, 4) is 17.2 Å². The minimum atomic E-state index is -0.545. The number of allylic oxidation sites excluding steroid dienone is 3. The first-order valence-corrected chi connectivity index (χ1v) is 11.4. The van der Waals surface area contributed by atoms with Crippen LogP contribution in [0.3, 0.4) is 0 Å². The molecular weight excluding hydrogens is 434 g/mol. The molecule has 2 heterocycles. The standard InChI is InChI=1S/C27H27NO6/c1-4-32-27(30)24-15(2)28-19-11-17(18-7-5-6-8-21(18)31-3)12-20(29)26(19)25(24)16-9-10-22-23(13-16)34-14-33-22/h5-10,13,17,25,28H,4,11-12,14H2,1-3H3. The summed E-state index contributed by atoms with van der Waals surface area (Å²) >= 11 is 0. The van der Waals surface area contributed by atoms with Crippen LogP contribution in [0, 0.1) is 0 Å². The van der Waals surface area contributed by atoms with Crippen LogP contribution in [-0.4, -0.2) is 32.3 Å². The Morgan fingerprint density at radius 2 is 1.91 bits per heavy atom.